The van der Waals surface area contributed by atoms with Gasteiger partial charge in [-0.15, -0.1) is 0 Å². The zero-order valence-electron chi connectivity index (χ0n) is 11.9. The van der Waals surface area contributed by atoms with Crippen molar-refractivity contribution in [2.24, 2.45) is 5.73 Å². The van der Waals surface area contributed by atoms with Crippen molar-refractivity contribution in [1.82, 2.24) is 9.55 Å². The van der Waals surface area contributed by atoms with Crippen molar-refractivity contribution in [2.75, 3.05) is 0 Å². The molecule has 120 valence electrons. The van der Waals surface area contributed by atoms with Gasteiger partial charge in [0, 0.05) is 29.9 Å². The molecule has 8 heteroatoms. The minimum atomic E-state index is -4.64. The second kappa shape index (κ2) is 5.68. The minimum Gasteiger partial charge on any atom is -0.328 e. The molecule has 0 spiro atoms. The maximum Gasteiger partial charge on any atom is 0.434 e. The van der Waals surface area contributed by atoms with E-state index < -0.39 is 23.5 Å². The summed E-state index contributed by atoms with van der Waals surface area (Å²) in [6.45, 7) is 2.95. The van der Waals surface area contributed by atoms with Gasteiger partial charge in [0.1, 0.15) is 17.5 Å². The van der Waals surface area contributed by atoms with Crippen LogP contribution in [0.25, 0.3) is 11.4 Å². The van der Waals surface area contributed by atoms with Gasteiger partial charge in [-0.2, -0.15) is 13.2 Å². The average molecular weight is 319 g/mol. The fraction of sp³-hybridized carbons (Fsp3) is 0.357. The Morgan fingerprint density at radius 1 is 1.18 bits per heavy atom. The van der Waals surface area contributed by atoms with Crippen LogP contribution in [-0.2, 0) is 12.7 Å². The number of rotatable bonds is 3. The zero-order chi connectivity index (χ0) is 16.7. The number of nitrogens with zero attached hydrogens (tertiary/aromatic N) is 2. The molecule has 0 bridgehead atoms. The van der Waals surface area contributed by atoms with Gasteiger partial charge in [-0.3, -0.25) is 0 Å². The molecule has 0 radical (unpaired) electrons. The Kier molecular flexibility index (Phi) is 4.23. The highest BCUT2D eigenvalue weighted by molar-refractivity contribution is 5.57. The standard InChI is InChI=1S/C14H14F5N3/c1-7(2)22-6-12(14(17,18)19)21-13(22)8-3-10(15)9(5-20)11(16)4-8/h3-4,6-7H,5,20H2,1-2H3. The van der Waals surface area contributed by atoms with Crippen LogP contribution in [0.4, 0.5) is 22.0 Å². The smallest absolute Gasteiger partial charge is 0.328 e. The van der Waals surface area contributed by atoms with E-state index in [1.54, 1.807) is 13.8 Å². The highest BCUT2D eigenvalue weighted by atomic mass is 19.4. The monoisotopic (exact) mass is 319 g/mol. The molecule has 1 heterocycles. The van der Waals surface area contributed by atoms with Crippen LogP contribution in [0.5, 0.6) is 0 Å². The van der Waals surface area contributed by atoms with Crippen molar-refractivity contribution in [1.29, 1.82) is 0 Å². The third-order valence-electron chi connectivity index (χ3n) is 3.18. The Balaban J connectivity index is 2.64. The van der Waals surface area contributed by atoms with Gasteiger partial charge in [0.15, 0.2) is 5.69 Å². The van der Waals surface area contributed by atoms with E-state index in [1.165, 1.54) is 4.57 Å². The summed E-state index contributed by atoms with van der Waals surface area (Å²) in [5, 5.41) is 0. The maximum absolute atomic E-state index is 13.8. The molecule has 1 aromatic heterocycles. The Hall–Kier alpha value is -1.96. The molecular formula is C14H14F5N3. The summed E-state index contributed by atoms with van der Waals surface area (Å²) in [4.78, 5) is 3.48. The van der Waals surface area contributed by atoms with Gasteiger partial charge >= 0.3 is 6.18 Å². The van der Waals surface area contributed by atoms with Crippen molar-refractivity contribution in [3.63, 3.8) is 0 Å². The SMILES string of the molecule is CC(C)n1cc(C(F)(F)F)nc1-c1cc(F)c(CN)c(F)c1. The fourth-order valence-electron chi connectivity index (χ4n) is 2.06. The van der Waals surface area contributed by atoms with Crippen LogP contribution in [0.1, 0.15) is 31.1 Å². The van der Waals surface area contributed by atoms with Crippen LogP contribution < -0.4 is 5.73 Å². The molecule has 22 heavy (non-hydrogen) atoms. The number of imidazole rings is 1. The number of alkyl halides is 3. The van der Waals surface area contributed by atoms with Crippen molar-refractivity contribution in [2.45, 2.75) is 32.6 Å². The van der Waals surface area contributed by atoms with Crippen molar-refractivity contribution >= 4 is 0 Å². The molecule has 1 aromatic carbocycles. The third kappa shape index (κ3) is 2.96. The molecule has 2 N–H and O–H groups in total. The first kappa shape index (κ1) is 16.4. The number of nitrogens with two attached hydrogens (primary N) is 1. The Morgan fingerprint density at radius 2 is 1.73 bits per heavy atom. The molecule has 0 saturated heterocycles. The largest absolute Gasteiger partial charge is 0.434 e. The summed E-state index contributed by atoms with van der Waals surface area (Å²) < 4.78 is 67.2. The average Bonchev–Trinajstić information content (AvgIpc) is 2.83. The van der Waals surface area contributed by atoms with Gasteiger partial charge in [0.25, 0.3) is 0 Å². The lowest BCUT2D eigenvalue weighted by molar-refractivity contribution is -0.140. The highest BCUT2D eigenvalue weighted by Crippen LogP contribution is 2.33. The molecule has 0 amide bonds. The lowest BCUT2D eigenvalue weighted by atomic mass is 10.1. The first-order chi connectivity index (χ1) is 10.1. The highest BCUT2D eigenvalue weighted by Gasteiger charge is 2.35. The minimum absolute atomic E-state index is 0.0728. The number of hydrogen-bond acceptors (Lipinski definition) is 2. The zero-order valence-corrected chi connectivity index (χ0v) is 11.9. The Bertz CT molecular complexity index is 665. The van der Waals surface area contributed by atoms with Crippen molar-refractivity contribution in [3.8, 4) is 11.4 Å². The third-order valence-corrected chi connectivity index (χ3v) is 3.18. The summed E-state index contributed by atoms with van der Waals surface area (Å²) in [7, 11) is 0. The molecule has 0 saturated carbocycles. The van der Waals surface area contributed by atoms with Crippen LogP contribution in [0.2, 0.25) is 0 Å². The quantitative estimate of drug-likeness (QED) is 0.872. The second-order valence-corrected chi connectivity index (χ2v) is 5.07. The number of aromatic nitrogens is 2. The predicted octanol–water partition coefficient (Wildman–Crippen LogP) is 3.89. The van der Waals surface area contributed by atoms with E-state index in [-0.39, 0.29) is 29.5 Å². The summed E-state index contributed by atoms with van der Waals surface area (Å²) in [5.41, 5.74) is 3.73. The van der Waals surface area contributed by atoms with Gasteiger partial charge in [0.05, 0.1) is 0 Å². The maximum atomic E-state index is 13.8. The molecule has 0 fully saturated rings. The van der Waals surface area contributed by atoms with E-state index in [9.17, 15) is 22.0 Å². The van der Waals surface area contributed by atoms with Crippen LogP contribution in [0.15, 0.2) is 18.3 Å². The molecule has 0 aliphatic heterocycles. The summed E-state index contributed by atoms with van der Waals surface area (Å²) in [6.07, 6.45) is -3.81. The molecule has 2 rings (SSSR count). The van der Waals surface area contributed by atoms with Gasteiger partial charge in [-0.05, 0) is 26.0 Å². The van der Waals surface area contributed by atoms with Crippen LogP contribution in [0, 0.1) is 11.6 Å². The predicted molar refractivity (Wildman–Crippen MR) is 70.9 cm³/mol. The molecule has 0 unspecified atom stereocenters. The molecule has 0 aliphatic carbocycles. The molecule has 0 atom stereocenters. The Morgan fingerprint density at radius 3 is 2.14 bits per heavy atom. The van der Waals surface area contributed by atoms with Gasteiger partial charge in [0.2, 0.25) is 0 Å². The van der Waals surface area contributed by atoms with E-state index in [1.807, 2.05) is 0 Å². The number of halogens is 5. The van der Waals surface area contributed by atoms with Crippen LogP contribution in [-0.4, -0.2) is 9.55 Å². The number of hydrogen-bond donors (Lipinski definition) is 1. The molecular weight excluding hydrogens is 305 g/mol. The fourth-order valence-corrected chi connectivity index (χ4v) is 2.06. The van der Waals surface area contributed by atoms with E-state index in [0.717, 1.165) is 18.3 Å². The number of benzene rings is 1. The molecule has 2 aromatic rings. The van der Waals surface area contributed by atoms with Crippen molar-refractivity contribution < 1.29 is 22.0 Å². The topological polar surface area (TPSA) is 43.8 Å². The second-order valence-electron chi connectivity index (χ2n) is 5.07. The lowest BCUT2D eigenvalue weighted by Crippen LogP contribution is -2.06. The molecule has 0 aliphatic rings. The van der Waals surface area contributed by atoms with Gasteiger partial charge in [-0.1, -0.05) is 0 Å². The summed E-state index contributed by atoms with van der Waals surface area (Å²) >= 11 is 0. The first-order valence-electron chi connectivity index (χ1n) is 6.49. The summed E-state index contributed by atoms with van der Waals surface area (Å²) in [6, 6.07) is 1.51. The van der Waals surface area contributed by atoms with E-state index in [4.69, 9.17) is 5.73 Å². The lowest BCUT2D eigenvalue weighted by Gasteiger charge is -2.12. The Labute approximate surface area is 123 Å². The van der Waals surface area contributed by atoms with Gasteiger partial charge < -0.3 is 10.3 Å². The molecule has 3 nitrogen and oxygen atoms in total. The van der Waals surface area contributed by atoms with E-state index in [0.29, 0.717) is 0 Å². The van der Waals surface area contributed by atoms with Crippen LogP contribution in [0.3, 0.4) is 0 Å². The first-order valence-corrected chi connectivity index (χ1v) is 6.49. The summed E-state index contributed by atoms with van der Waals surface area (Å²) in [5.74, 6) is -1.97. The van der Waals surface area contributed by atoms with Gasteiger partial charge in [-0.25, -0.2) is 13.8 Å². The van der Waals surface area contributed by atoms with E-state index in [2.05, 4.69) is 4.98 Å². The van der Waals surface area contributed by atoms with E-state index >= 15 is 0 Å². The van der Waals surface area contributed by atoms with Crippen molar-refractivity contribution in [3.05, 3.63) is 41.2 Å². The van der Waals surface area contributed by atoms with Crippen LogP contribution >= 0.6 is 0 Å². The normalized spacial score (nSPS) is 12.2.